The van der Waals surface area contributed by atoms with Crippen molar-refractivity contribution in [2.24, 2.45) is 0 Å². The van der Waals surface area contributed by atoms with Crippen LogP contribution in [0.25, 0.3) is 0 Å². The van der Waals surface area contributed by atoms with E-state index in [9.17, 15) is 0 Å². The fraction of sp³-hybridized carbons (Fsp3) is 0.600. The standard InChI is InChI=1S/C10H13ClN4/c1-14-5-8-4-7(14)6-15(8)10-3-2-9(11)12-13-10/h2-3,7-8H,4-6H2,1H3/t7-,8-/m0/s1. The lowest BCUT2D eigenvalue weighted by molar-refractivity contribution is 0.292. The molecule has 2 bridgehead atoms. The van der Waals surface area contributed by atoms with E-state index in [1.807, 2.05) is 6.07 Å². The van der Waals surface area contributed by atoms with Crippen molar-refractivity contribution in [1.29, 1.82) is 0 Å². The molecule has 0 N–H and O–H groups in total. The molecule has 0 unspecified atom stereocenters. The molecule has 4 nitrogen and oxygen atoms in total. The van der Waals surface area contributed by atoms with Gasteiger partial charge in [-0.1, -0.05) is 11.6 Å². The van der Waals surface area contributed by atoms with Gasteiger partial charge in [-0.2, -0.15) is 0 Å². The molecule has 0 amide bonds. The van der Waals surface area contributed by atoms with Gasteiger partial charge in [0.1, 0.15) is 0 Å². The third kappa shape index (κ3) is 1.48. The van der Waals surface area contributed by atoms with E-state index in [0.29, 0.717) is 17.2 Å². The number of likely N-dealkylation sites (tertiary alicyclic amines) is 1. The minimum Gasteiger partial charge on any atom is -0.349 e. The molecule has 2 fully saturated rings. The summed E-state index contributed by atoms with van der Waals surface area (Å²) in [7, 11) is 2.19. The van der Waals surface area contributed by atoms with Gasteiger partial charge in [0.15, 0.2) is 11.0 Å². The average Bonchev–Trinajstić information content (AvgIpc) is 2.77. The maximum atomic E-state index is 5.72. The number of halogens is 1. The number of likely N-dealkylation sites (N-methyl/N-ethyl adjacent to an activating group) is 1. The van der Waals surface area contributed by atoms with Crippen LogP contribution in [0.1, 0.15) is 6.42 Å². The Balaban J connectivity index is 1.83. The molecule has 15 heavy (non-hydrogen) atoms. The quantitative estimate of drug-likeness (QED) is 0.713. The topological polar surface area (TPSA) is 32.3 Å². The highest BCUT2D eigenvalue weighted by molar-refractivity contribution is 6.29. The highest BCUT2D eigenvalue weighted by Gasteiger charge is 2.41. The van der Waals surface area contributed by atoms with Crippen molar-refractivity contribution < 1.29 is 0 Å². The largest absolute Gasteiger partial charge is 0.349 e. The first-order chi connectivity index (χ1) is 7.24. The van der Waals surface area contributed by atoms with E-state index < -0.39 is 0 Å². The first kappa shape index (κ1) is 9.36. The number of piperazine rings is 1. The predicted molar refractivity (Wildman–Crippen MR) is 59.2 cm³/mol. The highest BCUT2D eigenvalue weighted by atomic mass is 35.5. The molecule has 3 rings (SSSR count). The zero-order chi connectivity index (χ0) is 10.4. The van der Waals surface area contributed by atoms with Gasteiger partial charge in [0.05, 0.1) is 0 Å². The summed E-state index contributed by atoms with van der Waals surface area (Å²) in [6.07, 6.45) is 1.25. The average molecular weight is 225 g/mol. The molecule has 1 aromatic heterocycles. The molecule has 1 aromatic rings. The van der Waals surface area contributed by atoms with Crippen molar-refractivity contribution in [3.8, 4) is 0 Å². The number of nitrogens with zero attached hydrogens (tertiary/aromatic N) is 4. The first-order valence-corrected chi connectivity index (χ1v) is 5.58. The smallest absolute Gasteiger partial charge is 0.151 e. The van der Waals surface area contributed by atoms with Crippen LogP contribution in [0.3, 0.4) is 0 Å². The molecule has 0 radical (unpaired) electrons. The second kappa shape index (κ2) is 3.32. The lowest BCUT2D eigenvalue weighted by atomic mass is 10.2. The van der Waals surface area contributed by atoms with Gasteiger partial charge in [0.25, 0.3) is 0 Å². The fourth-order valence-corrected chi connectivity index (χ4v) is 2.71. The van der Waals surface area contributed by atoms with Crippen LogP contribution in [0, 0.1) is 0 Å². The van der Waals surface area contributed by atoms with Crippen LogP contribution in [0.5, 0.6) is 0 Å². The maximum absolute atomic E-state index is 5.72. The van der Waals surface area contributed by atoms with Gasteiger partial charge in [-0.3, -0.25) is 4.90 Å². The third-order valence-corrected chi connectivity index (χ3v) is 3.63. The molecule has 0 spiro atoms. The zero-order valence-corrected chi connectivity index (χ0v) is 9.35. The van der Waals surface area contributed by atoms with Gasteiger partial charge in [-0.25, -0.2) is 0 Å². The van der Waals surface area contributed by atoms with Gasteiger partial charge in [-0.15, -0.1) is 10.2 Å². The Labute approximate surface area is 93.8 Å². The molecule has 5 heteroatoms. The summed E-state index contributed by atoms with van der Waals surface area (Å²) in [5, 5.41) is 8.47. The Kier molecular flexibility index (Phi) is 2.07. The Hall–Kier alpha value is -0.870. The van der Waals surface area contributed by atoms with Gasteiger partial charge in [-0.05, 0) is 25.6 Å². The van der Waals surface area contributed by atoms with Crippen LogP contribution in [0.2, 0.25) is 5.15 Å². The molecule has 2 aliphatic rings. The van der Waals surface area contributed by atoms with Crippen molar-refractivity contribution in [3.63, 3.8) is 0 Å². The van der Waals surface area contributed by atoms with Crippen LogP contribution in [0.4, 0.5) is 5.82 Å². The Morgan fingerprint density at radius 3 is 2.67 bits per heavy atom. The first-order valence-electron chi connectivity index (χ1n) is 5.20. The Bertz CT molecular complexity index is 364. The summed E-state index contributed by atoms with van der Waals surface area (Å²) in [5.74, 6) is 0.958. The second-order valence-electron chi connectivity index (χ2n) is 4.35. The summed E-state index contributed by atoms with van der Waals surface area (Å²) in [6, 6.07) is 5.05. The number of rotatable bonds is 1. The molecule has 3 heterocycles. The minimum absolute atomic E-state index is 0.459. The van der Waals surface area contributed by atoms with Gasteiger partial charge in [0, 0.05) is 25.2 Å². The molecule has 0 aromatic carbocycles. The summed E-state index contributed by atoms with van der Waals surface area (Å²) in [4.78, 5) is 4.76. The van der Waals surface area contributed by atoms with Crippen LogP contribution < -0.4 is 4.90 Å². The van der Waals surface area contributed by atoms with Crippen LogP contribution in [-0.4, -0.2) is 47.3 Å². The molecule has 0 saturated carbocycles. The zero-order valence-electron chi connectivity index (χ0n) is 8.60. The molecular weight excluding hydrogens is 212 g/mol. The Morgan fingerprint density at radius 2 is 2.13 bits per heavy atom. The van der Waals surface area contributed by atoms with Crippen molar-refractivity contribution in [2.45, 2.75) is 18.5 Å². The molecular formula is C10H13ClN4. The molecule has 2 atom stereocenters. The van der Waals surface area contributed by atoms with Crippen LogP contribution >= 0.6 is 11.6 Å². The summed E-state index contributed by atoms with van der Waals surface area (Å²) in [5.41, 5.74) is 0. The van der Waals surface area contributed by atoms with Crippen molar-refractivity contribution in [3.05, 3.63) is 17.3 Å². The molecule has 0 aliphatic carbocycles. The fourth-order valence-electron chi connectivity index (χ4n) is 2.61. The summed E-state index contributed by atoms with van der Waals surface area (Å²) >= 11 is 5.72. The molecule has 2 saturated heterocycles. The van der Waals surface area contributed by atoms with Gasteiger partial charge < -0.3 is 4.90 Å². The molecule has 2 aliphatic heterocycles. The van der Waals surface area contributed by atoms with Crippen LogP contribution in [-0.2, 0) is 0 Å². The van der Waals surface area contributed by atoms with Crippen molar-refractivity contribution in [1.82, 2.24) is 15.1 Å². The lowest BCUT2D eigenvalue weighted by Crippen LogP contribution is -2.44. The van der Waals surface area contributed by atoms with E-state index in [1.54, 1.807) is 6.07 Å². The van der Waals surface area contributed by atoms with Crippen molar-refractivity contribution >= 4 is 17.4 Å². The van der Waals surface area contributed by atoms with E-state index in [4.69, 9.17) is 11.6 Å². The normalized spacial score (nSPS) is 30.1. The predicted octanol–water partition coefficient (Wildman–Crippen LogP) is 1.02. The van der Waals surface area contributed by atoms with E-state index in [1.165, 1.54) is 6.42 Å². The van der Waals surface area contributed by atoms with Gasteiger partial charge in [0.2, 0.25) is 0 Å². The number of fused-ring (bicyclic) bond motifs is 2. The minimum atomic E-state index is 0.459. The van der Waals surface area contributed by atoms with Gasteiger partial charge >= 0.3 is 0 Å². The maximum Gasteiger partial charge on any atom is 0.151 e. The van der Waals surface area contributed by atoms with Crippen LogP contribution in [0.15, 0.2) is 12.1 Å². The number of hydrogen-bond donors (Lipinski definition) is 0. The highest BCUT2D eigenvalue weighted by Crippen LogP contribution is 2.32. The lowest BCUT2D eigenvalue weighted by Gasteiger charge is -2.32. The van der Waals surface area contributed by atoms with E-state index in [2.05, 4.69) is 27.0 Å². The second-order valence-corrected chi connectivity index (χ2v) is 4.74. The number of aromatic nitrogens is 2. The third-order valence-electron chi connectivity index (χ3n) is 3.43. The molecule has 80 valence electrons. The van der Waals surface area contributed by atoms with E-state index >= 15 is 0 Å². The monoisotopic (exact) mass is 224 g/mol. The SMILES string of the molecule is CN1C[C@@H]2C[C@H]1CN2c1ccc(Cl)nn1. The van der Waals surface area contributed by atoms with E-state index in [0.717, 1.165) is 18.9 Å². The number of anilines is 1. The van der Waals surface area contributed by atoms with Crippen molar-refractivity contribution in [2.75, 3.05) is 25.0 Å². The number of hydrogen-bond acceptors (Lipinski definition) is 4. The van der Waals surface area contributed by atoms with E-state index in [-0.39, 0.29) is 0 Å². The Morgan fingerprint density at radius 1 is 1.27 bits per heavy atom. The summed E-state index contributed by atoms with van der Waals surface area (Å²) in [6.45, 7) is 2.20. The summed E-state index contributed by atoms with van der Waals surface area (Å²) < 4.78 is 0.